The molecule has 1 aliphatic heterocycles. The van der Waals surface area contributed by atoms with E-state index in [4.69, 9.17) is 0 Å². The van der Waals surface area contributed by atoms with Crippen LogP contribution in [0, 0.1) is 11.8 Å². The Morgan fingerprint density at radius 3 is 2.47 bits per heavy atom. The van der Waals surface area contributed by atoms with Crippen molar-refractivity contribution >= 4 is 43.7 Å². The molecule has 0 aliphatic carbocycles. The number of benzene rings is 1. The summed E-state index contributed by atoms with van der Waals surface area (Å²) in [5.41, 5.74) is 1.02. The van der Waals surface area contributed by atoms with Crippen molar-refractivity contribution in [2.24, 2.45) is 11.8 Å². The molecule has 19 heavy (non-hydrogen) atoms. The number of imide groups is 1. The maximum Gasteiger partial charge on any atom is 0.230 e. The molecule has 2 atom stereocenters. The molecule has 1 saturated heterocycles. The van der Waals surface area contributed by atoms with Crippen molar-refractivity contribution in [3.05, 3.63) is 32.7 Å². The van der Waals surface area contributed by atoms with Gasteiger partial charge in [-0.3, -0.25) is 14.9 Å². The smallest absolute Gasteiger partial charge is 0.230 e. The fraction of sp³-hybridized carbons (Fsp3) is 0.429. The van der Waals surface area contributed by atoms with Crippen molar-refractivity contribution in [2.75, 3.05) is 0 Å². The summed E-state index contributed by atoms with van der Waals surface area (Å²) in [5.74, 6) is -0.363. The largest absolute Gasteiger partial charge is 0.296 e. The van der Waals surface area contributed by atoms with Gasteiger partial charge in [-0.05, 0) is 55.5 Å². The molecule has 3 nitrogen and oxygen atoms in total. The van der Waals surface area contributed by atoms with Crippen molar-refractivity contribution in [3.8, 4) is 0 Å². The molecule has 0 bridgehead atoms. The number of rotatable bonds is 2. The Bertz CT molecular complexity index is 528. The van der Waals surface area contributed by atoms with Gasteiger partial charge in [0.2, 0.25) is 11.8 Å². The van der Waals surface area contributed by atoms with Gasteiger partial charge in [0.15, 0.2) is 0 Å². The molecule has 1 N–H and O–H groups in total. The molecule has 0 radical (unpaired) electrons. The Kier molecular flexibility index (Phi) is 4.46. The van der Waals surface area contributed by atoms with Crippen molar-refractivity contribution in [1.82, 2.24) is 5.32 Å². The van der Waals surface area contributed by atoms with Gasteiger partial charge in [-0.25, -0.2) is 0 Å². The van der Waals surface area contributed by atoms with Gasteiger partial charge in [-0.15, -0.1) is 0 Å². The van der Waals surface area contributed by atoms with Gasteiger partial charge in [0, 0.05) is 27.2 Å². The summed E-state index contributed by atoms with van der Waals surface area (Å²) in [4.78, 5) is 23.7. The highest BCUT2D eigenvalue weighted by molar-refractivity contribution is 9.13. The lowest BCUT2D eigenvalue weighted by Crippen LogP contribution is -2.46. The molecule has 2 unspecified atom stereocenters. The molecule has 5 heteroatoms. The number of halogens is 2. The predicted octanol–water partition coefficient (Wildman–Crippen LogP) is 3.61. The van der Waals surface area contributed by atoms with E-state index in [1.807, 2.05) is 32.0 Å². The van der Waals surface area contributed by atoms with Crippen LogP contribution in [0.25, 0.3) is 0 Å². The third-order valence-electron chi connectivity index (χ3n) is 3.49. The Hall–Kier alpha value is -0.680. The molecule has 1 aliphatic rings. The predicted molar refractivity (Wildman–Crippen MR) is 80.7 cm³/mol. The zero-order valence-corrected chi connectivity index (χ0v) is 13.9. The highest BCUT2D eigenvalue weighted by Gasteiger charge is 2.38. The van der Waals surface area contributed by atoms with E-state index in [9.17, 15) is 9.59 Å². The van der Waals surface area contributed by atoms with E-state index in [2.05, 4.69) is 37.2 Å². The van der Waals surface area contributed by atoms with Crippen LogP contribution >= 0.6 is 31.9 Å². The highest BCUT2D eigenvalue weighted by atomic mass is 79.9. The number of carbonyl (C=O) groups is 2. The van der Waals surface area contributed by atoms with E-state index in [-0.39, 0.29) is 29.6 Å². The van der Waals surface area contributed by atoms with Crippen LogP contribution in [0.1, 0.15) is 31.7 Å². The van der Waals surface area contributed by atoms with Crippen molar-refractivity contribution in [2.45, 2.75) is 26.2 Å². The van der Waals surface area contributed by atoms with Crippen LogP contribution in [0.4, 0.5) is 0 Å². The van der Waals surface area contributed by atoms with Crippen LogP contribution in [0.2, 0.25) is 0 Å². The third kappa shape index (κ3) is 3.08. The van der Waals surface area contributed by atoms with Crippen LogP contribution in [-0.2, 0) is 9.59 Å². The average Bonchev–Trinajstić information content (AvgIpc) is 2.31. The fourth-order valence-electron chi connectivity index (χ4n) is 2.62. The Morgan fingerprint density at radius 2 is 1.89 bits per heavy atom. The Morgan fingerprint density at radius 1 is 1.21 bits per heavy atom. The minimum absolute atomic E-state index is 0.0503. The molecule has 1 aromatic carbocycles. The van der Waals surface area contributed by atoms with E-state index in [1.54, 1.807) is 0 Å². The van der Waals surface area contributed by atoms with Crippen LogP contribution < -0.4 is 5.32 Å². The lowest BCUT2D eigenvalue weighted by atomic mass is 9.75. The molecule has 1 aromatic rings. The first kappa shape index (κ1) is 14.7. The fourth-order valence-corrected chi connectivity index (χ4v) is 3.26. The summed E-state index contributed by atoms with van der Waals surface area (Å²) in [6.45, 7) is 4.03. The first-order chi connectivity index (χ1) is 8.90. The first-order valence-corrected chi connectivity index (χ1v) is 7.77. The monoisotopic (exact) mass is 387 g/mol. The summed E-state index contributed by atoms with van der Waals surface area (Å²) < 4.78 is 1.90. The lowest BCUT2D eigenvalue weighted by Gasteiger charge is -2.33. The van der Waals surface area contributed by atoms with Crippen molar-refractivity contribution in [3.63, 3.8) is 0 Å². The number of hydrogen-bond donors (Lipinski definition) is 1. The topological polar surface area (TPSA) is 46.2 Å². The van der Waals surface area contributed by atoms with Gasteiger partial charge in [0.1, 0.15) is 0 Å². The standard InChI is InChI=1S/C14H15Br2NO2/c1-7(2)13-9(6-12(18)17-14(13)19)8-3-4-10(15)11(16)5-8/h3-5,7,9,13H,6H2,1-2H3,(H,17,18,19). The van der Waals surface area contributed by atoms with E-state index in [0.29, 0.717) is 6.42 Å². The summed E-state index contributed by atoms with van der Waals surface area (Å²) >= 11 is 6.90. The SMILES string of the molecule is CC(C)C1C(=O)NC(=O)CC1c1ccc(Br)c(Br)c1. The van der Waals surface area contributed by atoms with Gasteiger partial charge >= 0.3 is 0 Å². The zero-order chi connectivity index (χ0) is 14.2. The van der Waals surface area contributed by atoms with Crippen LogP contribution in [0.15, 0.2) is 27.1 Å². The Labute approximate surface area is 129 Å². The van der Waals surface area contributed by atoms with E-state index < -0.39 is 0 Å². The molecular weight excluding hydrogens is 374 g/mol. The van der Waals surface area contributed by atoms with Crippen LogP contribution in [-0.4, -0.2) is 11.8 Å². The minimum atomic E-state index is -0.189. The number of carbonyl (C=O) groups excluding carboxylic acids is 2. The quantitative estimate of drug-likeness (QED) is 0.786. The summed E-state index contributed by atoms with van der Waals surface area (Å²) in [5, 5.41) is 2.44. The molecule has 2 rings (SSSR count). The number of hydrogen-bond acceptors (Lipinski definition) is 2. The number of amides is 2. The van der Waals surface area contributed by atoms with Crippen molar-refractivity contribution in [1.29, 1.82) is 0 Å². The highest BCUT2D eigenvalue weighted by Crippen LogP contribution is 2.38. The molecule has 102 valence electrons. The van der Waals surface area contributed by atoms with Gasteiger partial charge in [-0.2, -0.15) is 0 Å². The van der Waals surface area contributed by atoms with E-state index in [1.165, 1.54) is 0 Å². The maximum atomic E-state index is 12.0. The first-order valence-electron chi connectivity index (χ1n) is 6.18. The van der Waals surface area contributed by atoms with Gasteiger partial charge < -0.3 is 0 Å². The second-order valence-corrected chi connectivity index (χ2v) is 6.88. The number of nitrogens with one attached hydrogen (secondary N) is 1. The molecule has 1 heterocycles. The molecule has 0 aromatic heterocycles. The molecule has 0 spiro atoms. The maximum absolute atomic E-state index is 12.0. The van der Waals surface area contributed by atoms with E-state index in [0.717, 1.165) is 14.5 Å². The van der Waals surface area contributed by atoms with Gasteiger partial charge in [-0.1, -0.05) is 19.9 Å². The van der Waals surface area contributed by atoms with Crippen LogP contribution in [0.3, 0.4) is 0 Å². The molecule has 2 amide bonds. The van der Waals surface area contributed by atoms with Crippen LogP contribution in [0.5, 0.6) is 0 Å². The average molecular weight is 389 g/mol. The molecule has 1 fully saturated rings. The minimum Gasteiger partial charge on any atom is -0.296 e. The lowest BCUT2D eigenvalue weighted by molar-refractivity contribution is -0.138. The number of piperidine rings is 1. The summed E-state index contributed by atoms with van der Waals surface area (Å²) in [7, 11) is 0. The molecular formula is C14H15Br2NO2. The third-order valence-corrected chi connectivity index (χ3v) is 5.37. The zero-order valence-electron chi connectivity index (χ0n) is 10.7. The Balaban J connectivity index is 2.40. The van der Waals surface area contributed by atoms with Gasteiger partial charge in [0.05, 0.1) is 0 Å². The normalized spacial score (nSPS) is 23.6. The van der Waals surface area contributed by atoms with Gasteiger partial charge in [0.25, 0.3) is 0 Å². The molecule has 0 saturated carbocycles. The van der Waals surface area contributed by atoms with E-state index >= 15 is 0 Å². The van der Waals surface area contributed by atoms with Crippen molar-refractivity contribution < 1.29 is 9.59 Å². The summed E-state index contributed by atoms with van der Waals surface area (Å²) in [6, 6.07) is 5.89. The second kappa shape index (κ2) is 5.75. The summed E-state index contributed by atoms with van der Waals surface area (Å²) in [6.07, 6.45) is 0.364. The second-order valence-electron chi connectivity index (χ2n) is 5.17.